The summed E-state index contributed by atoms with van der Waals surface area (Å²) >= 11 is 0. The van der Waals surface area contributed by atoms with Gasteiger partial charge >= 0.3 is 0 Å². The number of benzene rings is 2. The zero-order valence-corrected chi connectivity index (χ0v) is 12.4. The second-order valence-electron chi connectivity index (χ2n) is 4.91. The fraction of sp³-hybridized carbons (Fsp3) is 0.118. The van der Waals surface area contributed by atoms with Gasteiger partial charge in [-0.05, 0) is 42.0 Å². The smallest absolute Gasteiger partial charge is 0.190 e. The first-order valence-electron chi connectivity index (χ1n) is 6.93. The minimum atomic E-state index is -0.311. The number of hydrogen-bond acceptors (Lipinski definition) is 4. The molecule has 1 aromatic heterocycles. The van der Waals surface area contributed by atoms with E-state index < -0.39 is 0 Å². The van der Waals surface area contributed by atoms with Crippen molar-refractivity contribution in [3.8, 4) is 23.1 Å². The van der Waals surface area contributed by atoms with Crippen molar-refractivity contribution in [2.45, 2.75) is 6.54 Å². The Hall–Kier alpha value is -3.20. The van der Waals surface area contributed by atoms with Gasteiger partial charge in [0.05, 0.1) is 13.7 Å². The average Bonchev–Trinajstić information content (AvgIpc) is 2.97. The molecule has 6 heteroatoms. The zero-order valence-electron chi connectivity index (χ0n) is 12.4. The van der Waals surface area contributed by atoms with E-state index in [4.69, 9.17) is 4.74 Å². The van der Waals surface area contributed by atoms with Crippen LogP contribution in [0.2, 0.25) is 0 Å². The molecule has 114 valence electrons. The van der Waals surface area contributed by atoms with Crippen molar-refractivity contribution in [3.63, 3.8) is 0 Å². The number of nitrogens with zero attached hydrogens (tertiary/aromatic N) is 4. The predicted molar refractivity (Wildman–Crippen MR) is 82.2 cm³/mol. The highest BCUT2D eigenvalue weighted by Crippen LogP contribution is 2.25. The van der Waals surface area contributed by atoms with Crippen LogP contribution in [0.1, 0.15) is 11.3 Å². The molecule has 0 N–H and O–H groups in total. The van der Waals surface area contributed by atoms with Crippen molar-refractivity contribution in [1.29, 1.82) is 5.26 Å². The van der Waals surface area contributed by atoms with Gasteiger partial charge in [-0.2, -0.15) is 5.26 Å². The van der Waals surface area contributed by atoms with Crippen molar-refractivity contribution >= 4 is 0 Å². The molecule has 0 aliphatic heterocycles. The van der Waals surface area contributed by atoms with E-state index in [1.165, 1.54) is 12.1 Å². The van der Waals surface area contributed by atoms with Gasteiger partial charge in [0.1, 0.15) is 23.3 Å². The van der Waals surface area contributed by atoms with Crippen LogP contribution in [0.3, 0.4) is 0 Å². The molecular formula is C17H13FN4O. The van der Waals surface area contributed by atoms with Crippen LogP contribution in [0.25, 0.3) is 11.3 Å². The van der Waals surface area contributed by atoms with E-state index in [0.717, 1.165) is 16.9 Å². The highest BCUT2D eigenvalue weighted by atomic mass is 19.1. The van der Waals surface area contributed by atoms with E-state index in [1.807, 2.05) is 18.2 Å². The van der Waals surface area contributed by atoms with Crippen LogP contribution < -0.4 is 4.74 Å². The lowest BCUT2D eigenvalue weighted by Crippen LogP contribution is -2.04. The molecule has 1 heterocycles. The molecule has 0 spiro atoms. The first kappa shape index (κ1) is 14.7. The molecule has 0 atom stereocenters. The number of hydrogen-bond donors (Lipinski definition) is 0. The molecule has 0 aliphatic rings. The Balaban J connectivity index is 2.01. The number of aromatic nitrogens is 3. The largest absolute Gasteiger partial charge is 0.497 e. The molecule has 0 saturated heterocycles. The Labute approximate surface area is 132 Å². The Bertz CT molecular complexity index is 865. The van der Waals surface area contributed by atoms with Crippen molar-refractivity contribution in [2.24, 2.45) is 0 Å². The van der Waals surface area contributed by atoms with E-state index in [1.54, 1.807) is 36.1 Å². The summed E-state index contributed by atoms with van der Waals surface area (Å²) in [7, 11) is 1.59. The maximum atomic E-state index is 13.3. The van der Waals surface area contributed by atoms with Crippen LogP contribution >= 0.6 is 0 Å². The number of methoxy groups -OCH3 is 1. The molecule has 23 heavy (non-hydrogen) atoms. The van der Waals surface area contributed by atoms with Crippen molar-refractivity contribution in [1.82, 2.24) is 15.0 Å². The first-order valence-corrected chi connectivity index (χ1v) is 6.93. The van der Waals surface area contributed by atoms with Gasteiger partial charge < -0.3 is 4.74 Å². The Morgan fingerprint density at radius 3 is 2.65 bits per heavy atom. The predicted octanol–water partition coefficient (Wildman–Crippen LogP) is 3.01. The SMILES string of the molecule is COc1ccc(-c2c(C#N)nnn2Cc2cccc(F)c2)cc1. The molecule has 5 nitrogen and oxygen atoms in total. The molecule has 0 fully saturated rings. The zero-order chi connectivity index (χ0) is 16.2. The third kappa shape index (κ3) is 3.04. The number of ether oxygens (including phenoxy) is 1. The molecule has 3 aromatic rings. The Kier molecular flexibility index (Phi) is 4.02. The van der Waals surface area contributed by atoms with E-state index in [-0.39, 0.29) is 11.5 Å². The summed E-state index contributed by atoms with van der Waals surface area (Å²) in [5.41, 5.74) is 2.36. The maximum absolute atomic E-state index is 13.3. The van der Waals surface area contributed by atoms with Gasteiger partial charge in [-0.1, -0.05) is 17.3 Å². The number of rotatable bonds is 4. The van der Waals surface area contributed by atoms with Crippen LogP contribution in [0, 0.1) is 17.1 Å². The van der Waals surface area contributed by atoms with Crippen LogP contribution in [0.4, 0.5) is 4.39 Å². The first-order chi connectivity index (χ1) is 11.2. The fourth-order valence-corrected chi connectivity index (χ4v) is 2.34. The summed E-state index contributed by atoms with van der Waals surface area (Å²) in [5, 5.41) is 17.2. The molecule has 0 unspecified atom stereocenters. The molecule has 0 bridgehead atoms. The molecular weight excluding hydrogens is 295 g/mol. The quantitative estimate of drug-likeness (QED) is 0.743. The lowest BCUT2D eigenvalue weighted by molar-refractivity contribution is 0.415. The highest BCUT2D eigenvalue weighted by molar-refractivity contribution is 5.65. The summed E-state index contributed by atoms with van der Waals surface area (Å²) in [6.45, 7) is 0.327. The second kappa shape index (κ2) is 6.28. The lowest BCUT2D eigenvalue weighted by Gasteiger charge is -2.08. The van der Waals surface area contributed by atoms with Crippen LogP contribution in [0.5, 0.6) is 5.75 Å². The standard InChI is InChI=1S/C17H13FN4O/c1-23-15-7-5-13(6-8-15)17-16(10-19)20-21-22(17)11-12-3-2-4-14(18)9-12/h2-9H,11H2,1H3. The molecule has 0 saturated carbocycles. The Morgan fingerprint density at radius 2 is 2.00 bits per heavy atom. The van der Waals surface area contributed by atoms with Gasteiger partial charge in [0, 0.05) is 5.56 Å². The van der Waals surface area contributed by atoms with Crippen molar-refractivity contribution < 1.29 is 9.13 Å². The summed E-state index contributed by atoms with van der Waals surface area (Å²) < 4.78 is 20.1. The average molecular weight is 308 g/mol. The summed E-state index contributed by atoms with van der Waals surface area (Å²) in [4.78, 5) is 0. The topological polar surface area (TPSA) is 63.7 Å². The molecule has 0 radical (unpaired) electrons. The van der Waals surface area contributed by atoms with E-state index in [9.17, 15) is 9.65 Å². The van der Waals surface area contributed by atoms with Crippen molar-refractivity contribution in [3.05, 3.63) is 65.6 Å². The maximum Gasteiger partial charge on any atom is 0.190 e. The fourth-order valence-electron chi connectivity index (χ4n) is 2.34. The van der Waals surface area contributed by atoms with Gasteiger partial charge in [0.25, 0.3) is 0 Å². The number of nitriles is 1. The third-order valence-corrected chi connectivity index (χ3v) is 3.43. The van der Waals surface area contributed by atoms with Crippen LogP contribution in [0.15, 0.2) is 48.5 Å². The highest BCUT2D eigenvalue weighted by Gasteiger charge is 2.15. The summed E-state index contributed by atoms with van der Waals surface area (Å²) in [5.74, 6) is 0.408. The van der Waals surface area contributed by atoms with E-state index >= 15 is 0 Å². The van der Waals surface area contributed by atoms with Gasteiger partial charge in [-0.25, -0.2) is 9.07 Å². The minimum Gasteiger partial charge on any atom is -0.497 e. The van der Waals surface area contributed by atoms with Crippen LogP contribution in [-0.4, -0.2) is 22.1 Å². The minimum absolute atomic E-state index is 0.228. The van der Waals surface area contributed by atoms with Gasteiger partial charge in [-0.15, -0.1) is 5.10 Å². The third-order valence-electron chi connectivity index (χ3n) is 3.43. The monoisotopic (exact) mass is 308 g/mol. The Morgan fingerprint density at radius 1 is 1.22 bits per heavy atom. The number of halogens is 1. The van der Waals surface area contributed by atoms with E-state index in [0.29, 0.717) is 12.2 Å². The molecule has 3 rings (SSSR count). The normalized spacial score (nSPS) is 10.3. The van der Waals surface area contributed by atoms with Crippen LogP contribution in [-0.2, 0) is 6.54 Å². The molecule has 2 aromatic carbocycles. The molecule has 0 aliphatic carbocycles. The van der Waals surface area contributed by atoms with Gasteiger partial charge in [0.2, 0.25) is 0 Å². The second-order valence-corrected chi connectivity index (χ2v) is 4.91. The van der Waals surface area contributed by atoms with Gasteiger partial charge in [0.15, 0.2) is 5.69 Å². The summed E-state index contributed by atoms with van der Waals surface area (Å²) in [6.07, 6.45) is 0. The van der Waals surface area contributed by atoms with Crippen molar-refractivity contribution in [2.75, 3.05) is 7.11 Å². The van der Waals surface area contributed by atoms with E-state index in [2.05, 4.69) is 10.3 Å². The lowest BCUT2D eigenvalue weighted by atomic mass is 10.1. The summed E-state index contributed by atoms with van der Waals surface area (Å²) in [6, 6.07) is 15.6. The van der Waals surface area contributed by atoms with Gasteiger partial charge in [-0.3, -0.25) is 0 Å². The molecule has 0 amide bonds.